The van der Waals surface area contributed by atoms with Crippen LogP contribution >= 0.6 is 0 Å². The Bertz CT molecular complexity index is 805. The molecule has 2 aromatic carbocycles. The van der Waals surface area contributed by atoms with Crippen LogP contribution in [0.5, 0.6) is 0 Å². The number of halogens is 3. The Kier molecular flexibility index (Phi) is 3.38. The normalized spacial score (nSPS) is 19.7. The highest BCUT2D eigenvalue weighted by molar-refractivity contribution is 5.85. The highest BCUT2D eigenvalue weighted by Gasteiger charge is 2.61. The molecule has 122 valence electrons. The fourth-order valence-electron chi connectivity index (χ4n) is 3.99. The van der Waals surface area contributed by atoms with Crippen LogP contribution in [0.1, 0.15) is 40.3 Å². The minimum absolute atomic E-state index is 0.00569. The quantitative estimate of drug-likeness (QED) is 0.788. The van der Waals surface area contributed by atoms with E-state index in [0.717, 1.165) is 16.7 Å². The topological polar surface area (TPSA) is 20.2 Å². The van der Waals surface area contributed by atoms with Crippen molar-refractivity contribution in [3.63, 3.8) is 0 Å². The molecule has 1 nitrogen and oxygen atoms in total. The second kappa shape index (κ2) is 4.84. The fraction of sp³-hybridized carbons (Fsp3) is 0.368. The van der Waals surface area contributed by atoms with Gasteiger partial charge in [0.1, 0.15) is 0 Å². The molecule has 0 saturated carbocycles. The maximum atomic E-state index is 13.9. The summed E-state index contributed by atoms with van der Waals surface area (Å²) < 4.78 is 41.7. The lowest BCUT2D eigenvalue weighted by Gasteiger charge is -2.31. The lowest BCUT2D eigenvalue weighted by Crippen LogP contribution is -2.42. The van der Waals surface area contributed by atoms with Gasteiger partial charge in [0, 0.05) is 11.1 Å². The summed E-state index contributed by atoms with van der Waals surface area (Å²) in [5.74, 6) is 0. The van der Waals surface area contributed by atoms with Gasteiger partial charge in [-0.1, -0.05) is 31.2 Å². The first-order chi connectivity index (χ1) is 10.7. The maximum absolute atomic E-state index is 13.9. The third kappa shape index (κ3) is 1.84. The SMILES string of the molecule is CCc1c(C)c(C)c2c(c1C)[C@](O)(C(F)(F)F)c1ccccc1-2. The molecule has 0 saturated heterocycles. The first-order valence-corrected chi connectivity index (χ1v) is 7.68. The molecular weight excluding hydrogens is 301 g/mol. The number of aliphatic hydroxyl groups is 1. The van der Waals surface area contributed by atoms with Gasteiger partial charge in [0.15, 0.2) is 0 Å². The zero-order valence-electron chi connectivity index (χ0n) is 13.6. The van der Waals surface area contributed by atoms with E-state index in [4.69, 9.17) is 0 Å². The van der Waals surface area contributed by atoms with Gasteiger partial charge < -0.3 is 5.11 Å². The summed E-state index contributed by atoms with van der Waals surface area (Å²) in [4.78, 5) is 0. The van der Waals surface area contributed by atoms with Crippen LogP contribution in [0.2, 0.25) is 0 Å². The van der Waals surface area contributed by atoms with E-state index in [-0.39, 0.29) is 11.1 Å². The van der Waals surface area contributed by atoms with Crippen LogP contribution in [0.3, 0.4) is 0 Å². The zero-order chi connectivity index (χ0) is 17.2. The molecule has 4 heteroatoms. The Morgan fingerprint density at radius 1 is 1.00 bits per heavy atom. The third-order valence-corrected chi connectivity index (χ3v) is 5.18. The van der Waals surface area contributed by atoms with Gasteiger partial charge in [-0.2, -0.15) is 13.2 Å². The highest BCUT2D eigenvalue weighted by atomic mass is 19.4. The molecular formula is C19H19F3O. The Morgan fingerprint density at radius 3 is 2.17 bits per heavy atom. The van der Waals surface area contributed by atoms with Crippen LogP contribution < -0.4 is 0 Å². The predicted molar refractivity (Wildman–Crippen MR) is 84.5 cm³/mol. The van der Waals surface area contributed by atoms with E-state index in [9.17, 15) is 18.3 Å². The van der Waals surface area contributed by atoms with Gasteiger partial charge in [0.05, 0.1) is 0 Å². The van der Waals surface area contributed by atoms with Gasteiger partial charge in [-0.05, 0) is 60.6 Å². The van der Waals surface area contributed by atoms with Gasteiger partial charge in [-0.3, -0.25) is 0 Å². The van der Waals surface area contributed by atoms with E-state index in [1.54, 1.807) is 25.1 Å². The number of benzene rings is 2. The molecule has 1 aliphatic carbocycles. The van der Waals surface area contributed by atoms with Crippen molar-refractivity contribution in [1.82, 2.24) is 0 Å². The smallest absolute Gasteiger partial charge is 0.372 e. The van der Waals surface area contributed by atoms with Crippen molar-refractivity contribution < 1.29 is 18.3 Å². The minimum Gasteiger partial charge on any atom is -0.372 e. The Balaban J connectivity index is 2.55. The standard InChI is InChI=1S/C19H19F3O/c1-5-13-10(2)11(3)16-14-8-6-7-9-15(14)18(23,19(20,21)22)17(16)12(13)4/h6-9,23H,5H2,1-4H3/t18-/m0/s1. The van der Waals surface area contributed by atoms with E-state index in [0.29, 0.717) is 23.1 Å². The summed E-state index contributed by atoms with van der Waals surface area (Å²) in [6, 6.07) is 6.29. The van der Waals surface area contributed by atoms with Crippen molar-refractivity contribution >= 4 is 0 Å². The maximum Gasteiger partial charge on any atom is 0.425 e. The lowest BCUT2D eigenvalue weighted by atomic mass is 9.82. The fourth-order valence-corrected chi connectivity index (χ4v) is 3.99. The molecule has 0 bridgehead atoms. The van der Waals surface area contributed by atoms with Crippen LogP contribution in [0.15, 0.2) is 24.3 Å². The van der Waals surface area contributed by atoms with E-state index < -0.39 is 11.8 Å². The highest BCUT2D eigenvalue weighted by Crippen LogP contribution is 2.57. The van der Waals surface area contributed by atoms with E-state index >= 15 is 0 Å². The summed E-state index contributed by atoms with van der Waals surface area (Å²) >= 11 is 0. The molecule has 0 unspecified atom stereocenters. The number of hydrogen-bond acceptors (Lipinski definition) is 1. The summed E-state index contributed by atoms with van der Waals surface area (Å²) in [7, 11) is 0. The largest absolute Gasteiger partial charge is 0.425 e. The van der Waals surface area contributed by atoms with Crippen LogP contribution in [-0.2, 0) is 12.0 Å². The van der Waals surface area contributed by atoms with Crippen molar-refractivity contribution in [2.24, 2.45) is 0 Å². The van der Waals surface area contributed by atoms with Crippen LogP contribution in [-0.4, -0.2) is 11.3 Å². The molecule has 1 N–H and O–H groups in total. The van der Waals surface area contributed by atoms with Crippen molar-refractivity contribution in [3.8, 4) is 11.1 Å². The van der Waals surface area contributed by atoms with Crippen molar-refractivity contribution in [3.05, 3.63) is 57.6 Å². The molecule has 0 amide bonds. The first kappa shape index (κ1) is 16.1. The number of fused-ring (bicyclic) bond motifs is 3. The van der Waals surface area contributed by atoms with Gasteiger partial charge >= 0.3 is 6.18 Å². The van der Waals surface area contributed by atoms with Crippen LogP contribution in [0.25, 0.3) is 11.1 Å². The summed E-state index contributed by atoms with van der Waals surface area (Å²) in [6.07, 6.45) is -4.14. The van der Waals surface area contributed by atoms with Crippen LogP contribution in [0, 0.1) is 20.8 Å². The van der Waals surface area contributed by atoms with Gasteiger partial charge in [0.25, 0.3) is 0 Å². The molecule has 0 aliphatic heterocycles. The molecule has 1 atom stereocenters. The van der Waals surface area contributed by atoms with Crippen LogP contribution in [0.4, 0.5) is 13.2 Å². The summed E-state index contributed by atoms with van der Waals surface area (Å²) in [5.41, 5.74) is 1.26. The molecule has 0 radical (unpaired) electrons. The molecule has 1 aliphatic rings. The Morgan fingerprint density at radius 2 is 1.61 bits per heavy atom. The van der Waals surface area contributed by atoms with Gasteiger partial charge in [-0.25, -0.2) is 0 Å². The average Bonchev–Trinajstić information content (AvgIpc) is 2.77. The van der Waals surface area contributed by atoms with Crippen molar-refractivity contribution in [2.75, 3.05) is 0 Å². The minimum atomic E-state index is -4.77. The molecule has 0 heterocycles. The van der Waals surface area contributed by atoms with E-state index in [1.807, 2.05) is 20.8 Å². The Labute approximate surface area is 133 Å². The van der Waals surface area contributed by atoms with Crippen molar-refractivity contribution in [1.29, 1.82) is 0 Å². The van der Waals surface area contributed by atoms with E-state index in [1.165, 1.54) is 6.07 Å². The third-order valence-electron chi connectivity index (χ3n) is 5.18. The Hall–Kier alpha value is -1.81. The molecule has 23 heavy (non-hydrogen) atoms. The predicted octanol–water partition coefficient (Wildman–Crippen LogP) is 4.95. The first-order valence-electron chi connectivity index (χ1n) is 7.68. The number of hydrogen-bond donors (Lipinski definition) is 1. The number of alkyl halides is 3. The monoisotopic (exact) mass is 320 g/mol. The second-order valence-corrected chi connectivity index (χ2v) is 6.21. The zero-order valence-corrected chi connectivity index (χ0v) is 13.6. The molecule has 0 aromatic heterocycles. The van der Waals surface area contributed by atoms with E-state index in [2.05, 4.69) is 0 Å². The second-order valence-electron chi connectivity index (χ2n) is 6.21. The lowest BCUT2D eigenvalue weighted by molar-refractivity contribution is -0.247. The van der Waals surface area contributed by atoms with Gasteiger partial charge in [0.2, 0.25) is 5.60 Å². The van der Waals surface area contributed by atoms with Gasteiger partial charge in [-0.15, -0.1) is 0 Å². The molecule has 0 spiro atoms. The molecule has 2 aromatic rings. The number of rotatable bonds is 1. The van der Waals surface area contributed by atoms with Crippen molar-refractivity contribution in [2.45, 2.75) is 45.9 Å². The summed E-state index contributed by atoms with van der Waals surface area (Å²) in [6.45, 7) is 7.39. The molecule has 0 fully saturated rings. The summed E-state index contributed by atoms with van der Waals surface area (Å²) in [5, 5.41) is 10.8. The molecule has 3 rings (SSSR count). The average molecular weight is 320 g/mol.